The Morgan fingerprint density at radius 1 is 1.24 bits per heavy atom. The van der Waals surface area contributed by atoms with Crippen molar-refractivity contribution in [3.63, 3.8) is 0 Å². The maximum Gasteiger partial charge on any atom is 0.233 e. The van der Waals surface area contributed by atoms with Gasteiger partial charge in [-0.1, -0.05) is 6.07 Å². The number of hydrogen-bond donors (Lipinski definition) is 1. The van der Waals surface area contributed by atoms with E-state index in [9.17, 15) is 0 Å². The van der Waals surface area contributed by atoms with E-state index in [-0.39, 0.29) is 6.04 Å². The van der Waals surface area contributed by atoms with E-state index in [0.29, 0.717) is 5.88 Å². The number of methoxy groups -OCH3 is 1. The first-order valence-corrected chi connectivity index (χ1v) is 5.30. The molecule has 0 aliphatic heterocycles. The lowest BCUT2D eigenvalue weighted by molar-refractivity contribution is 0.390. The fourth-order valence-corrected chi connectivity index (χ4v) is 1.63. The molecule has 0 fully saturated rings. The van der Waals surface area contributed by atoms with Gasteiger partial charge in [-0.2, -0.15) is 0 Å². The summed E-state index contributed by atoms with van der Waals surface area (Å²) >= 11 is 0. The van der Waals surface area contributed by atoms with Crippen LogP contribution in [0.2, 0.25) is 0 Å². The van der Waals surface area contributed by atoms with Crippen molar-refractivity contribution in [2.24, 2.45) is 0 Å². The normalized spacial score (nSPS) is 12.1. The Morgan fingerprint density at radius 3 is 2.65 bits per heavy atom. The average Bonchev–Trinajstić information content (AvgIpc) is 2.42. The predicted molar refractivity (Wildman–Crippen MR) is 63.7 cm³/mol. The van der Waals surface area contributed by atoms with Crippen LogP contribution in [0.1, 0.15) is 17.3 Å². The summed E-state index contributed by atoms with van der Waals surface area (Å²) in [5.74, 6) is 0.509. The van der Waals surface area contributed by atoms with Crippen LogP contribution in [0.4, 0.5) is 0 Å². The van der Waals surface area contributed by atoms with E-state index in [1.54, 1.807) is 19.4 Å². The molecule has 1 atom stereocenters. The minimum absolute atomic E-state index is 0.0119. The summed E-state index contributed by atoms with van der Waals surface area (Å²) in [7, 11) is 3.45. The van der Waals surface area contributed by atoms with Crippen LogP contribution < -0.4 is 10.1 Å². The van der Waals surface area contributed by atoms with Crippen molar-refractivity contribution in [2.75, 3.05) is 14.2 Å². The van der Waals surface area contributed by atoms with E-state index in [0.717, 1.165) is 11.3 Å². The van der Waals surface area contributed by atoms with Gasteiger partial charge in [0, 0.05) is 18.5 Å². The van der Waals surface area contributed by atoms with Crippen molar-refractivity contribution < 1.29 is 4.74 Å². The molecule has 1 unspecified atom stereocenters. The molecule has 5 heteroatoms. The molecule has 2 rings (SSSR count). The Balaban J connectivity index is 2.29. The number of ether oxygens (including phenoxy) is 1. The van der Waals surface area contributed by atoms with Gasteiger partial charge in [0.2, 0.25) is 5.88 Å². The molecule has 2 heterocycles. The van der Waals surface area contributed by atoms with Gasteiger partial charge < -0.3 is 10.1 Å². The molecule has 0 radical (unpaired) electrons. The Kier molecular flexibility index (Phi) is 3.62. The highest BCUT2D eigenvalue weighted by Gasteiger charge is 2.13. The highest BCUT2D eigenvalue weighted by Crippen LogP contribution is 2.19. The fourth-order valence-electron chi connectivity index (χ4n) is 1.63. The first-order chi connectivity index (χ1) is 8.35. The summed E-state index contributed by atoms with van der Waals surface area (Å²) in [6, 6.07) is 7.57. The van der Waals surface area contributed by atoms with Crippen LogP contribution in [-0.4, -0.2) is 29.3 Å². The van der Waals surface area contributed by atoms with Gasteiger partial charge in [-0.3, -0.25) is 4.98 Å². The summed E-state index contributed by atoms with van der Waals surface area (Å²) in [6.45, 7) is 0. The average molecular weight is 230 g/mol. The molecule has 0 saturated heterocycles. The monoisotopic (exact) mass is 230 g/mol. The largest absolute Gasteiger partial charge is 0.480 e. The van der Waals surface area contributed by atoms with E-state index in [1.165, 1.54) is 0 Å². The summed E-state index contributed by atoms with van der Waals surface area (Å²) in [5.41, 5.74) is 1.88. The molecule has 88 valence electrons. The Labute approximate surface area is 99.9 Å². The number of nitrogens with one attached hydrogen (secondary N) is 1. The summed E-state index contributed by atoms with van der Waals surface area (Å²) < 4.78 is 4.98. The molecule has 1 N–H and O–H groups in total. The number of rotatable bonds is 4. The number of aromatic nitrogens is 3. The third-order valence-corrected chi connectivity index (χ3v) is 2.47. The molecule has 0 saturated carbocycles. The molecular formula is C12H14N4O. The maximum atomic E-state index is 4.98. The first-order valence-electron chi connectivity index (χ1n) is 5.30. The molecule has 0 aromatic carbocycles. The van der Waals surface area contributed by atoms with Crippen molar-refractivity contribution in [2.45, 2.75) is 6.04 Å². The molecule has 0 spiro atoms. The fraction of sp³-hybridized carbons (Fsp3) is 0.250. The smallest absolute Gasteiger partial charge is 0.233 e. The zero-order valence-corrected chi connectivity index (χ0v) is 9.79. The lowest BCUT2D eigenvalue weighted by atomic mass is 10.1. The SMILES string of the molecule is CNC(c1cccnc1)c1ccc(OC)nn1. The van der Waals surface area contributed by atoms with Gasteiger partial charge in [-0.05, 0) is 24.7 Å². The van der Waals surface area contributed by atoms with Crippen LogP contribution in [0, 0.1) is 0 Å². The first kappa shape index (κ1) is 11.5. The van der Waals surface area contributed by atoms with E-state index in [1.807, 2.05) is 31.4 Å². The molecule has 2 aromatic heterocycles. The highest BCUT2D eigenvalue weighted by atomic mass is 16.5. The van der Waals surface area contributed by atoms with Crippen molar-refractivity contribution in [3.8, 4) is 5.88 Å². The lowest BCUT2D eigenvalue weighted by Crippen LogP contribution is -2.19. The molecule has 0 bridgehead atoms. The lowest BCUT2D eigenvalue weighted by Gasteiger charge is -2.14. The van der Waals surface area contributed by atoms with Crippen LogP contribution in [0.25, 0.3) is 0 Å². The molecule has 5 nitrogen and oxygen atoms in total. The Bertz CT molecular complexity index is 458. The minimum Gasteiger partial charge on any atom is -0.480 e. The van der Waals surface area contributed by atoms with Crippen molar-refractivity contribution in [1.29, 1.82) is 0 Å². The van der Waals surface area contributed by atoms with Gasteiger partial charge in [0.05, 0.1) is 18.8 Å². The second kappa shape index (κ2) is 5.36. The second-order valence-electron chi connectivity index (χ2n) is 3.51. The summed E-state index contributed by atoms with van der Waals surface area (Å²) in [5, 5.41) is 11.3. The summed E-state index contributed by atoms with van der Waals surface area (Å²) in [4.78, 5) is 4.10. The predicted octanol–water partition coefficient (Wildman–Crippen LogP) is 1.19. The van der Waals surface area contributed by atoms with Crippen LogP contribution in [0.5, 0.6) is 5.88 Å². The molecule has 2 aromatic rings. The van der Waals surface area contributed by atoms with Crippen LogP contribution >= 0.6 is 0 Å². The molecule has 0 amide bonds. The highest BCUT2D eigenvalue weighted by molar-refractivity contribution is 5.25. The van der Waals surface area contributed by atoms with E-state index >= 15 is 0 Å². The molecular weight excluding hydrogens is 216 g/mol. The van der Waals surface area contributed by atoms with E-state index in [4.69, 9.17) is 4.74 Å². The molecule has 0 aliphatic carbocycles. The van der Waals surface area contributed by atoms with Gasteiger partial charge in [0.25, 0.3) is 0 Å². The molecule has 17 heavy (non-hydrogen) atoms. The van der Waals surface area contributed by atoms with Crippen LogP contribution in [-0.2, 0) is 0 Å². The third kappa shape index (κ3) is 2.57. The van der Waals surface area contributed by atoms with Crippen molar-refractivity contribution in [1.82, 2.24) is 20.5 Å². The van der Waals surface area contributed by atoms with E-state index < -0.39 is 0 Å². The van der Waals surface area contributed by atoms with Gasteiger partial charge in [-0.15, -0.1) is 10.2 Å². The molecule has 0 aliphatic rings. The van der Waals surface area contributed by atoms with Gasteiger partial charge in [-0.25, -0.2) is 0 Å². The van der Waals surface area contributed by atoms with E-state index in [2.05, 4.69) is 20.5 Å². The number of hydrogen-bond acceptors (Lipinski definition) is 5. The van der Waals surface area contributed by atoms with Gasteiger partial charge in [0.15, 0.2) is 0 Å². The standard InChI is InChI=1S/C12H14N4O/c1-13-12(9-4-3-7-14-8-9)10-5-6-11(17-2)16-15-10/h3-8,12-13H,1-2H3. The zero-order valence-electron chi connectivity index (χ0n) is 9.79. The third-order valence-electron chi connectivity index (χ3n) is 2.47. The Hall–Kier alpha value is -2.01. The minimum atomic E-state index is -0.0119. The van der Waals surface area contributed by atoms with Gasteiger partial charge in [0.1, 0.15) is 0 Å². The van der Waals surface area contributed by atoms with Gasteiger partial charge >= 0.3 is 0 Å². The zero-order chi connectivity index (χ0) is 12.1. The van der Waals surface area contributed by atoms with Crippen molar-refractivity contribution >= 4 is 0 Å². The Morgan fingerprint density at radius 2 is 2.12 bits per heavy atom. The maximum absolute atomic E-state index is 4.98. The number of nitrogens with zero attached hydrogens (tertiary/aromatic N) is 3. The second-order valence-corrected chi connectivity index (χ2v) is 3.51. The topological polar surface area (TPSA) is 59.9 Å². The van der Waals surface area contributed by atoms with Crippen LogP contribution in [0.3, 0.4) is 0 Å². The van der Waals surface area contributed by atoms with Crippen molar-refractivity contribution in [3.05, 3.63) is 47.9 Å². The summed E-state index contributed by atoms with van der Waals surface area (Å²) in [6.07, 6.45) is 3.56. The number of pyridine rings is 1. The quantitative estimate of drug-likeness (QED) is 0.855. The van der Waals surface area contributed by atoms with Crippen LogP contribution in [0.15, 0.2) is 36.7 Å².